The summed E-state index contributed by atoms with van der Waals surface area (Å²) in [5.74, 6) is 3.48. The van der Waals surface area contributed by atoms with Gasteiger partial charge in [0.05, 0.1) is 0 Å². The second-order valence-electron chi connectivity index (χ2n) is 5.22. The lowest BCUT2D eigenvalue weighted by Crippen LogP contribution is -2.41. The topological polar surface area (TPSA) is 24.9 Å². The number of allylic oxidation sites excluding steroid dienone is 1. The molecule has 0 amide bonds. The van der Waals surface area contributed by atoms with Crippen molar-refractivity contribution in [1.82, 2.24) is 10.3 Å². The third-order valence-electron chi connectivity index (χ3n) is 4.08. The van der Waals surface area contributed by atoms with E-state index in [1.807, 2.05) is 6.20 Å². The minimum absolute atomic E-state index is 0.553. The van der Waals surface area contributed by atoms with E-state index in [0.29, 0.717) is 6.04 Å². The lowest BCUT2D eigenvalue weighted by Gasteiger charge is -2.35. The summed E-state index contributed by atoms with van der Waals surface area (Å²) >= 11 is 0. The van der Waals surface area contributed by atoms with Crippen LogP contribution >= 0.6 is 0 Å². The summed E-state index contributed by atoms with van der Waals surface area (Å²) in [5, 5.41) is 3.61. The quantitative estimate of drug-likeness (QED) is 0.761. The van der Waals surface area contributed by atoms with Crippen LogP contribution < -0.4 is 5.32 Å². The molecule has 2 aliphatic rings. The molecule has 2 nitrogen and oxygen atoms in total. The first kappa shape index (κ1) is 11.5. The van der Waals surface area contributed by atoms with E-state index in [9.17, 15) is 0 Å². The number of nitrogens with zero attached hydrogens (tertiary/aromatic N) is 1. The summed E-state index contributed by atoms with van der Waals surface area (Å²) in [4.78, 5) is 4.23. The fourth-order valence-electron chi connectivity index (χ4n) is 3.07. The molecule has 0 saturated carbocycles. The Hall–Kier alpha value is -1.59. The molecule has 18 heavy (non-hydrogen) atoms. The molecular formula is C16H18N2. The maximum Gasteiger partial charge on any atom is 0.0432 e. The first-order chi connectivity index (χ1) is 8.86. The van der Waals surface area contributed by atoms with Crippen molar-refractivity contribution < 1.29 is 0 Å². The van der Waals surface area contributed by atoms with E-state index in [1.54, 1.807) is 6.20 Å². The molecular weight excluding hydrogens is 220 g/mol. The van der Waals surface area contributed by atoms with Gasteiger partial charge in [-0.25, -0.2) is 0 Å². The van der Waals surface area contributed by atoms with Gasteiger partial charge in [-0.05, 0) is 55.3 Å². The molecule has 2 atom stereocenters. The molecule has 1 aromatic heterocycles. The van der Waals surface area contributed by atoms with E-state index >= 15 is 0 Å². The zero-order chi connectivity index (χ0) is 12.4. The predicted octanol–water partition coefficient (Wildman–Crippen LogP) is 2.61. The molecule has 1 aliphatic heterocycles. The molecule has 0 radical (unpaired) electrons. The highest BCUT2D eigenvalue weighted by Gasteiger charge is 2.27. The molecule has 0 spiro atoms. The van der Waals surface area contributed by atoms with Crippen LogP contribution in [0.1, 0.15) is 36.8 Å². The summed E-state index contributed by atoms with van der Waals surface area (Å²) in [6.45, 7) is 1.15. The summed E-state index contributed by atoms with van der Waals surface area (Å²) in [7, 11) is 0. The number of hydrogen-bond donors (Lipinski definition) is 1. The lowest BCUT2D eigenvalue weighted by atomic mass is 9.79. The van der Waals surface area contributed by atoms with Crippen LogP contribution in [-0.4, -0.2) is 17.6 Å². The number of nitrogens with one attached hydrogen (secondary N) is 1. The Balaban J connectivity index is 1.88. The molecule has 1 fully saturated rings. The average Bonchev–Trinajstić information content (AvgIpc) is 2.47. The molecule has 1 saturated heterocycles. The van der Waals surface area contributed by atoms with Crippen molar-refractivity contribution in [3.05, 3.63) is 35.7 Å². The van der Waals surface area contributed by atoms with Crippen LogP contribution in [0.2, 0.25) is 0 Å². The average molecular weight is 238 g/mol. The fourth-order valence-corrected chi connectivity index (χ4v) is 3.07. The van der Waals surface area contributed by atoms with Crippen LogP contribution in [-0.2, 0) is 0 Å². The van der Waals surface area contributed by atoms with Gasteiger partial charge in [0.2, 0.25) is 0 Å². The van der Waals surface area contributed by atoms with Crippen LogP contribution in [0.25, 0.3) is 5.57 Å². The van der Waals surface area contributed by atoms with E-state index in [1.165, 1.54) is 30.4 Å². The van der Waals surface area contributed by atoms with Crippen molar-refractivity contribution in [2.24, 2.45) is 5.92 Å². The van der Waals surface area contributed by atoms with Gasteiger partial charge in [0.25, 0.3) is 0 Å². The molecule has 1 aliphatic carbocycles. The van der Waals surface area contributed by atoms with E-state index in [2.05, 4.69) is 28.4 Å². The maximum absolute atomic E-state index is 5.43. The maximum atomic E-state index is 5.43. The Morgan fingerprint density at radius 3 is 3.17 bits per heavy atom. The highest BCUT2D eigenvalue weighted by molar-refractivity contribution is 5.67. The SMILES string of the molecule is C#Cc1cncc(C2=C[C@@H]3NCCC[C@@H]3CC2)c1. The Morgan fingerprint density at radius 2 is 2.28 bits per heavy atom. The van der Waals surface area contributed by atoms with E-state index < -0.39 is 0 Å². The zero-order valence-corrected chi connectivity index (χ0v) is 10.5. The first-order valence-electron chi connectivity index (χ1n) is 6.73. The first-order valence-corrected chi connectivity index (χ1v) is 6.73. The van der Waals surface area contributed by atoms with Gasteiger partial charge in [0.1, 0.15) is 0 Å². The third kappa shape index (κ3) is 2.19. The number of hydrogen-bond acceptors (Lipinski definition) is 2. The summed E-state index contributed by atoms with van der Waals surface area (Å²) in [6, 6.07) is 2.62. The van der Waals surface area contributed by atoms with Crippen molar-refractivity contribution in [3.8, 4) is 12.3 Å². The van der Waals surface area contributed by atoms with Gasteiger partial charge in [0, 0.05) is 24.0 Å². The molecule has 2 heterocycles. The van der Waals surface area contributed by atoms with Crippen molar-refractivity contribution in [1.29, 1.82) is 0 Å². The normalized spacial score (nSPS) is 26.9. The third-order valence-corrected chi connectivity index (χ3v) is 4.08. The summed E-state index contributed by atoms with van der Waals surface area (Å²) in [6.07, 6.45) is 16.6. The van der Waals surface area contributed by atoms with Crippen molar-refractivity contribution in [3.63, 3.8) is 0 Å². The van der Waals surface area contributed by atoms with Gasteiger partial charge in [-0.3, -0.25) is 4.98 Å². The van der Waals surface area contributed by atoms with Crippen LogP contribution in [0, 0.1) is 18.3 Å². The monoisotopic (exact) mass is 238 g/mol. The largest absolute Gasteiger partial charge is 0.310 e. The molecule has 0 bridgehead atoms. The van der Waals surface area contributed by atoms with Gasteiger partial charge in [-0.15, -0.1) is 6.42 Å². The van der Waals surface area contributed by atoms with Gasteiger partial charge < -0.3 is 5.32 Å². The van der Waals surface area contributed by atoms with Crippen molar-refractivity contribution in [2.45, 2.75) is 31.7 Å². The Bertz CT molecular complexity index is 510. The van der Waals surface area contributed by atoms with Crippen molar-refractivity contribution >= 4 is 5.57 Å². The number of pyridine rings is 1. The smallest absolute Gasteiger partial charge is 0.0432 e. The molecule has 0 unspecified atom stereocenters. The van der Waals surface area contributed by atoms with Gasteiger partial charge in [-0.1, -0.05) is 12.0 Å². The minimum atomic E-state index is 0.553. The van der Waals surface area contributed by atoms with Crippen molar-refractivity contribution in [2.75, 3.05) is 6.54 Å². The Labute approximate surface area is 109 Å². The molecule has 3 rings (SSSR count). The van der Waals surface area contributed by atoms with Crippen LogP contribution in [0.15, 0.2) is 24.5 Å². The lowest BCUT2D eigenvalue weighted by molar-refractivity contribution is 0.298. The van der Waals surface area contributed by atoms with Gasteiger partial charge in [0.15, 0.2) is 0 Å². The highest BCUT2D eigenvalue weighted by atomic mass is 14.9. The standard InChI is InChI=1S/C16H18N2/c1-2-12-8-15(11-17-10-12)14-6-5-13-4-3-7-18-16(13)9-14/h1,8-11,13,16,18H,3-7H2/t13-,16+/m1/s1. The number of aromatic nitrogens is 1. The predicted molar refractivity (Wildman–Crippen MR) is 73.9 cm³/mol. The summed E-state index contributed by atoms with van der Waals surface area (Å²) < 4.78 is 0. The number of rotatable bonds is 1. The molecule has 0 aromatic carbocycles. The Kier molecular flexibility index (Phi) is 3.17. The van der Waals surface area contributed by atoms with Crippen LogP contribution in [0.4, 0.5) is 0 Å². The van der Waals surface area contributed by atoms with E-state index in [4.69, 9.17) is 6.42 Å². The summed E-state index contributed by atoms with van der Waals surface area (Å²) in [5.41, 5.74) is 3.46. The molecule has 2 heteroatoms. The number of fused-ring (bicyclic) bond motifs is 1. The minimum Gasteiger partial charge on any atom is -0.310 e. The van der Waals surface area contributed by atoms with Crippen LogP contribution in [0.3, 0.4) is 0 Å². The second kappa shape index (κ2) is 4.96. The second-order valence-corrected chi connectivity index (χ2v) is 5.22. The van der Waals surface area contributed by atoms with E-state index in [0.717, 1.165) is 24.4 Å². The van der Waals surface area contributed by atoms with Crippen LogP contribution in [0.5, 0.6) is 0 Å². The van der Waals surface area contributed by atoms with Gasteiger partial charge >= 0.3 is 0 Å². The number of piperidine rings is 1. The van der Waals surface area contributed by atoms with E-state index in [-0.39, 0.29) is 0 Å². The zero-order valence-electron chi connectivity index (χ0n) is 10.5. The highest BCUT2D eigenvalue weighted by Crippen LogP contribution is 2.34. The number of terminal acetylenes is 1. The van der Waals surface area contributed by atoms with Gasteiger partial charge in [-0.2, -0.15) is 0 Å². The molecule has 92 valence electrons. The molecule has 1 aromatic rings. The fraction of sp³-hybridized carbons (Fsp3) is 0.438. The Morgan fingerprint density at radius 1 is 1.33 bits per heavy atom. The molecule has 1 N–H and O–H groups in total.